The molecule has 1 unspecified atom stereocenters. The van der Waals surface area contributed by atoms with Crippen molar-refractivity contribution in [3.63, 3.8) is 0 Å². The van der Waals surface area contributed by atoms with Crippen molar-refractivity contribution >= 4 is 11.6 Å². The van der Waals surface area contributed by atoms with Crippen molar-refractivity contribution in [2.45, 2.75) is 39.2 Å². The van der Waals surface area contributed by atoms with E-state index < -0.39 is 0 Å². The number of amides is 1. The van der Waals surface area contributed by atoms with Crippen LogP contribution in [0.2, 0.25) is 0 Å². The average Bonchev–Trinajstić information content (AvgIpc) is 3.35. The Kier molecular flexibility index (Phi) is 5.44. The van der Waals surface area contributed by atoms with Crippen molar-refractivity contribution in [3.05, 3.63) is 53.9 Å². The molecule has 1 fully saturated rings. The second-order valence-electron chi connectivity index (χ2n) is 7.73. The second-order valence-corrected chi connectivity index (χ2v) is 7.73. The van der Waals surface area contributed by atoms with Gasteiger partial charge in [0, 0.05) is 24.2 Å². The number of hydrogen-bond donors (Lipinski definition) is 0. The molecule has 2 heterocycles. The first-order valence-corrected chi connectivity index (χ1v) is 10.0. The number of nitrogens with zero attached hydrogens (tertiary/aromatic N) is 3. The molecule has 156 valence electrons. The molecule has 1 aliphatic heterocycles. The maximum atomic E-state index is 12.6. The van der Waals surface area contributed by atoms with E-state index in [0.29, 0.717) is 36.2 Å². The predicted molar refractivity (Wildman–Crippen MR) is 113 cm³/mol. The Morgan fingerprint density at radius 2 is 2.00 bits per heavy atom. The molecule has 0 saturated carbocycles. The summed E-state index contributed by atoms with van der Waals surface area (Å²) >= 11 is 0. The number of aromatic nitrogens is 2. The Balaban J connectivity index is 1.54. The molecule has 0 aliphatic carbocycles. The third-order valence-electron chi connectivity index (χ3n) is 5.01. The molecule has 0 radical (unpaired) electrons. The van der Waals surface area contributed by atoms with Gasteiger partial charge in [0.25, 0.3) is 0 Å². The van der Waals surface area contributed by atoms with E-state index in [9.17, 15) is 4.79 Å². The monoisotopic (exact) mass is 407 g/mol. The van der Waals surface area contributed by atoms with Crippen molar-refractivity contribution in [2.24, 2.45) is 0 Å². The summed E-state index contributed by atoms with van der Waals surface area (Å²) in [5.74, 6) is 2.12. The van der Waals surface area contributed by atoms with Gasteiger partial charge in [-0.2, -0.15) is 4.98 Å². The fourth-order valence-electron chi connectivity index (χ4n) is 3.59. The quantitative estimate of drug-likeness (QED) is 0.604. The fourth-order valence-corrected chi connectivity index (χ4v) is 3.59. The molecule has 7 nitrogen and oxygen atoms in total. The number of methoxy groups -OCH3 is 1. The summed E-state index contributed by atoms with van der Waals surface area (Å²) in [6, 6.07) is 13.4. The third-order valence-corrected chi connectivity index (χ3v) is 5.01. The molecule has 30 heavy (non-hydrogen) atoms. The number of ether oxygens (including phenoxy) is 2. The molecule has 1 aromatic heterocycles. The molecule has 1 aliphatic rings. The highest BCUT2D eigenvalue weighted by atomic mass is 16.5. The van der Waals surface area contributed by atoms with Crippen LogP contribution in [0.1, 0.15) is 37.6 Å². The molecular weight excluding hydrogens is 382 g/mol. The maximum absolute atomic E-state index is 12.6. The lowest BCUT2D eigenvalue weighted by Crippen LogP contribution is -2.24. The zero-order valence-electron chi connectivity index (χ0n) is 17.6. The molecule has 2 aromatic carbocycles. The first-order valence-electron chi connectivity index (χ1n) is 10.0. The summed E-state index contributed by atoms with van der Waals surface area (Å²) in [7, 11) is 1.60. The Bertz CT molecular complexity index is 1060. The summed E-state index contributed by atoms with van der Waals surface area (Å²) in [4.78, 5) is 18.9. The smallest absolute Gasteiger partial charge is 0.232 e. The molecule has 1 saturated heterocycles. The summed E-state index contributed by atoms with van der Waals surface area (Å²) in [5, 5.41) is 4.12. The number of carbonyl (C=O) groups is 1. The molecular formula is C23H25N3O4. The van der Waals surface area contributed by atoms with Crippen LogP contribution in [0.3, 0.4) is 0 Å². The summed E-state index contributed by atoms with van der Waals surface area (Å²) in [5.41, 5.74) is 2.77. The van der Waals surface area contributed by atoms with Crippen LogP contribution in [0.15, 0.2) is 47.0 Å². The predicted octanol–water partition coefficient (Wildman–Crippen LogP) is 4.36. The van der Waals surface area contributed by atoms with E-state index >= 15 is 0 Å². The molecule has 1 atom stereocenters. The van der Waals surface area contributed by atoms with E-state index in [0.717, 1.165) is 16.8 Å². The number of hydrogen-bond acceptors (Lipinski definition) is 6. The van der Waals surface area contributed by atoms with Crippen LogP contribution < -0.4 is 14.4 Å². The first kappa shape index (κ1) is 19.9. The first-order chi connectivity index (χ1) is 14.4. The molecule has 1 amide bonds. The van der Waals surface area contributed by atoms with Gasteiger partial charge in [0.05, 0.1) is 19.1 Å². The number of benzene rings is 2. The third kappa shape index (κ3) is 4.01. The Morgan fingerprint density at radius 1 is 1.17 bits per heavy atom. The molecule has 3 aromatic rings. The highest BCUT2D eigenvalue weighted by molar-refractivity contribution is 5.96. The summed E-state index contributed by atoms with van der Waals surface area (Å²) in [6.45, 7) is 6.45. The van der Waals surface area contributed by atoms with Gasteiger partial charge in [-0.25, -0.2) is 0 Å². The van der Waals surface area contributed by atoms with Gasteiger partial charge < -0.3 is 18.9 Å². The van der Waals surface area contributed by atoms with Gasteiger partial charge in [-0.15, -0.1) is 0 Å². The van der Waals surface area contributed by atoms with Crippen LogP contribution in [0.25, 0.3) is 11.4 Å². The van der Waals surface area contributed by atoms with Crippen molar-refractivity contribution in [1.82, 2.24) is 10.1 Å². The number of anilines is 1. The van der Waals surface area contributed by atoms with Gasteiger partial charge in [0.15, 0.2) is 11.5 Å². The van der Waals surface area contributed by atoms with E-state index in [1.807, 2.05) is 63.2 Å². The zero-order valence-corrected chi connectivity index (χ0v) is 17.6. The topological polar surface area (TPSA) is 77.7 Å². The van der Waals surface area contributed by atoms with E-state index in [1.165, 1.54) is 0 Å². The van der Waals surface area contributed by atoms with Gasteiger partial charge in [-0.1, -0.05) is 17.3 Å². The van der Waals surface area contributed by atoms with Crippen LogP contribution in [0.4, 0.5) is 5.69 Å². The van der Waals surface area contributed by atoms with Crippen molar-refractivity contribution < 1.29 is 18.8 Å². The maximum Gasteiger partial charge on any atom is 0.232 e. The summed E-state index contributed by atoms with van der Waals surface area (Å²) < 4.78 is 16.7. The van der Waals surface area contributed by atoms with E-state index in [-0.39, 0.29) is 17.9 Å². The van der Waals surface area contributed by atoms with Crippen LogP contribution in [0, 0.1) is 6.92 Å². The number of aryl methyl sites for hydroxylation is 1. The van der Waals surface area contributed by atoms with E-state index in [1.54, 1.807) is 12.0 Å². The van der Waals surface area contributed by atoms with Gasteiger partial charge in [0.1, 0.15) is 0 Å². The largest absolute Gasteiger partial charge is 0.493 e. The van der Waals surface area contributed by atoms with E-state index in [4.69, 9.17) is 14.0 Å². The Morgan fingerprint density at radius 3 is 2.73 bits per heavy atom. The highest BCUT2D eigenvalue weighted by Crippen LogP contribution is 2.35. The molecule has 0 bridgehead atoms. The van der Waals surface area contributed by atoms with Gasteiger partial charge >= 0.3 is 0 Å². The van der Waals surface area contributed by atoms with E-state index in [2.05, 4.69) is 10.1 Å². The Hall–Kier alpha value is -3.35. The minimum atomic E-state index is -0.135. The van der Waals surface area contributed by atoms with Crippen LogP contribution >= 0.6 is 0 Å². The van der Waals surface area contributed by atoms with Crippen molar-refractivity contribution in [2.75, 3.05) is 18.6 Å². The van der Waals surface area contributed by atoms with Crippen LogP contribution in [-0.2, 0) is 4.79 Å². The zero-order chi connectivity index (χ0) is 21.3. The highest BCUT2D eigenvalue weighted by Gasteiger charge is 2.35. The minimum absolute atomic E-state index is 0.0396. The van der Waals surface area contributed by atoms with Crippen molar-refractivity contribution in [3.8, 4) is 22.9 Å². The lowest BCUT2D eigenvalue weighted by Gasteiger charge is -2.16. The van der Waals surface area contributed by atoms with Gasteiger partial charge in [0.2, 0.25) is 17.6 Å². The van der Waals surface area contributed by atoms with Gasteiger partial charge in [-0.3, -0.25) is 4.79 Å². The second kappa shape index (κ2) is 8.18. The molecule has 0 N–H and O–H groups in total. The standard InChI is InChI=1S/C23H25N3O4/c1-14(2)29-19-9-8-16(11-20(19)28-4)22-24-23(30-25-22)17-12-21(27)26(13-17)18-7-5-6-15(3)10-18/h5-11,14,17H,12-13H2,1-4H3. The number of carbonyl (C=O) groups excluding carboxylic acids is 1. The molecule has 4 rings (SSSR count). The van der Waals surface area contributed by atoms with Crippen LogP contribution in [-0.4, -0.2) is 35.8 Å². The Labute approximate surface area is 175 Å². The SMILES string of the molecule is COc1cc(-c2noc(C3CC(=O)N(c4cccc(C)c4)C3)n2)ccc1OC(C)C. The number of rotatable bonds is 6. The van der Waals surface area contributed by atoms with Gasteiger partial charge in [-0.05, 0) is 56.7 Å². The van der Waals surface area contributed by atoms with Crippen molar-refractivity contribution in [1.29, 1.82) is 0 Å². The normalized spacial score (nSPS) is 16.4. The minimum Gasteiger partial charge on any atom is -0.493 e. The fraction of sp³-hybridized carbons (Fsp3) is 0.348. The van der Waals surface area contributed by atoms with Crippen LogP contribution in [0.5, 0.6) is 11.5 Å². The average molecular weight is 407 g/mol. The lowest BCUT2D eigenvalue weighted by molar-refractivity contribution is -0.117. The summed E-state index contributed by atoms with van der Waals surface area (Å²) in [6.07, 6.45) is 0.387. The molecule has 7 heteroatoms. The molecule has 0 spiro atoms. The lowest BCUT2D eigenvalue weighted by atomic mass is 10.1.